The molecule has 9 nitrogen and oxygen atoms in total. The molecule has 1 heterocycles. The van der Waals surface area contributed by atoms with Gasteiger partial charge in [-0.1, -0.05) is 12.1 Å². The fraction of sp³-hybridized carbons (Fsp3) is 0.0455. The molecule has 0 aliphatic carbocycles. The van der Waals surface area contributed by atoms with E-state index in [1.54, 1.807) is 48.5 Å². The van der Waals surface area contributed by atoms with Crippen molar-refractivity contribution < 1.29 is 23.5 Å². The largest absolute Gasteiger partial charge is 0.457 e. The summed E-state index contributed by atoms with van der Waals surface area (Å²) < 4.78 is 23.7. The van der Waals surface area contributed by atoms with E-state index < -0.39 is 17.9 Å². The molecule has 4 aromatic rings. The number of ether oxygens (including phenoxy) is 2. The molecule has 0 aliphatic rings. The van der Waals surface area contributed by atoms with E-state index in [1.165, 1.54) is 25.3 Å². The molecule has 0 radical (unpaired) electrons. The van der Waals surface area contributed by atoms with Gasteiger partial charge in [0.25, 0.3) is 0 Å². The number of imidazole rings is 1. The van der Waals surface area contributed by atoms with Gasteiger partial charge in [-0.3, -0.25) is 5.32 Å². The van der Waals surface area contributed by atoms with Gasteiger partial charge in [0.05, 0.1) is 18.1 Å². The maximum absolute atomic E-state index is 13.3. The van der Waals surface area contributed by atoms with Crippen LogP contribution in [0.15, 0.2) is 66.7 Å². The topological polar surface area (TPSA) is 117 Å². The van der Waals surface area contributed by atoms with Crippen molar-refractivity contribution in [1.29, 1.82) is 0 Å². The summed E-state index contributed by atoms with van der Waals surface area (Å²) in [4.78, 5) is 30.7. The Labute approximate surface area is 181 Å². The second-order valence-corrected chi connectivity index (χ2v) is 6.60. The Balaban J connectivity index is 1.43. The molecule has 162 valence electrons. The minimum atomic E-state index is -0.633. The molecule has 0 saturated heterocycles. The van der Waals surface area contributed by atoms with Crippen LogP contribution in [0.4, 0.5) is 31.3 Å². The van der Waals surface area contributed by atoms with Gasteiger partial charge in [0.15, 0.2) is 0 Å². The molecular formula is C22H18FN5O4. The average molecular weight is 435 g/mol. The lowest BCUT2D eigenvalue weighted by molar-refractivity contribution is 0.186. The molecule has 0 fully saturated rings. The van der Waals surface area contributed by atoms with Crippen molar-refractivity contribution in [2.24, 2.45) is 0 Å². The summed E-state index contributed by atoms with van der Waals surface area (Å²) in [5.74, 6) is 0.797. The number of hydrogen-bond donors (Lipinski definition) is 4. The van der Waals surface area contributed by atoms with Gasteiger partial charge in [0.1, 0.15) is 17.3 Å². The highest BCUT2D eigenvalue weighted by Crippen LogP contribution is 2.27. The van der Waals surface area contributed by atoms with E-state index >= 15 is 0 Å². The Morgan fingerprint density at radius 1 is 0.906 bits per heavy atom. The molecule has 10 heteroatoms. The summed E-state index contributed by atoms with van der Waals surface area (Å²) >= 11 is 0. The molecule has 0 atom stereocenters. The number of nitrogens with zero attached hydrogens (tertiary/aromatic N) is 1. The number of benzene rings is 3. The Hall–Kier alpha value is -4.60. The molecule has 4 rings (SSSR count). The zero-order valence-electron chi connectivity index (χ0n) is 16.8. The van der Waals surface area contributed by atoms with Gasteiger partial charge in [-0.15, -0.1) is 0 Å². The van der Waals surface area contributed by atoms with Gasteiger partial charge >= 0.3 is 12.1 Å². The van der Waals surface area contributed by atoms with Crippen LogP contribution in [0.5, 0.6) is 11.5 Å². The molecule has 1 aromatic heterocycles. The van der Waals surface area contributed by atoms with E-state index in [0.717, 1.165) is 0 Å². The van der Waals surface area contributed by atoms with E-state index in [9.17, 15) is 14.0 Å². The maximum atomic E-state index is 13.3. The predicted octanol–water partition coefficient (Wildman–Crippen LogP) is 5.32. The van der Waals surface area contributed by atoms with Crippen LogP contribution >= 0.6 is 0 Å². The number of rotatable bonds is 5. The minimum absolute atomic E-state index is 0.250. The monoisotopic (exact) mass is 435 g/mol. The number of halogens is 1. The first-order valence-electron chi connectivity index (χ1n) is 9.45. The van der Waals surface area contributed by atoms with Crippen LogP contribution in [0, 0.1) is 5.82 Å². The lowest BCUT2D eigenvalue weighted by Crippen LogP contribution is -2.19. The molecule has 3 amide bonds. The number of fused-ring (bicyclic) bond motifs is 1. The van der Waals surface area contributed by atoms with Crippen molar-refractivity contribution in [3.05, 3.63) is 72.5 Å². The Morgan fingerprint density at radius 2 is 1.62 bits per heavy atom. The first-order valence-corrected chi connectivity index (χ1v) is 9.45. The number of urea groups is 1. The van der Waals surface area contributed by atoms with Gasteiger partial charge in [-0.25, -0.2) is 19.0 Å². The van der Waals surface area contributed by atoms with Gasteiger partial charge in [0, 0.05) is 23.5 Å². The second kappa shape index (κ2) is 9.04. The number of aromatic amines is 1. The van der Waals surface area contributed by atoms with Crippen LogP contribution in [0.2, 0.25) is 0 Å². The van der Waals surface area contributed by atoms with E-state index in [1.807, 2.05) is 0 Å². The number of anilines is 3. The fourth-order valence-electron chi connectivity index (χ4n) is 2.89. The van der Waals surface area contributed by atoms with Crippen molar-refractivity contribution in [2.75, 3.05) is 23.1 Å². The van der Waals surface area contributed by atoms with Crippen LogP contribution < -0.4 is 20.7 Å². The number of hydrogen-bond acceptors (Lipinski definition) is 5. The zero-order chi connectivity index (χ0) is 22.5. The minimum Gasteiger partial charge on any atom is -0.457 e. The third-order valence-electron chi connectivity index (χ3n) is 4.27. The van der Waals surface area contributed by atoms with Crippen molar-refractivity contribution in [3.63, 3.8) is 0 Å². The van der Waals surface area contributed by atoms with Crippen LogP contribution in [0.25, 0.3) is 11.0 Å². The molecule has 0 bridgehead atoms. The summed E-state index contributed by atoms with van der Waals surface area (Å²) in [6.45, 7) is 0. The van der Waals surface area contributed by atoms with Gasteiger partial charge in [-0.05, 0) is 42.5 Å². The average Bonchev–Trinajstić information content (AvgIpc) is 3.15. The fourth-order valence-corrected chi connectivity index (χ4v) is 2.89. The highest BCUT2D eigenvalue weighted by Gasteiger charge is 2.09. The Bertz CT molecular complexity index is 1290. The first-order chi connectivity index (χ1) is 15.5. The summed E-state index contributed by atoms with van der Waals surface area (Å²) in [5, 5.41) is 7.69. The highest BCUT2D eigenvalue weighted by atomic mass is 19.1. The normalized spacial score (nSPS) is 10.4. The smallest absolute Gasteiger partial charge is 0.413 e. The SMILES string of the molecule is COC(=O)Nc1nc2cc(Oc3cccc(NC(=O)Nc4cccc(F)c4)c3)ccc2[nH]1. The first kappa shape index (κ1) is 20.7. The number of nitrogens with one attached hydrogen (secondary N) is 4. The van der Waals surface area contributed by atoms with Crippen molar-refractivity contribution in [2.45, 2.75) is 0 Å². The maximum Gasteiger partial charge on any atom is 0.413 e. The Kier molecular flexibility index (Phi) is 5.84. The zero-order valence-corrected chi connectivity index (χ0v) is 16.8. The van der Waals surface area contributed by atoms with Gasteiger partial charge in [0.2, 0.25) is 5.95 Å². The summed E-state index contributed by atoms with van der Waals surface area (Å²) in [6, 6.07) is 17.1. The molecule has 0 spiro atoms. The number of aromatic nitrogens is 2. The van der Waals surface area contributed by atoms with Crippen molar-refractivity contribution in [3.8, 4) is 11.5 Å². The van der Waals surface area contributed by atoms with Crippen LogP contribution in [0.1, 0.15) is 0 Å². The highest BCUT2D eigenvalue weighted by molar-refractivity contribution is 5.99. The van der Waals surface area contributed by atoms with E-state index in [-0.39, 0.29) is 5.95 Å². The Morgan fingerprint density at radius 3 is 2.38 bits per heavy atom. The van der Waals surface area contributed by atoms with Crippen molar-refractivity contribution >= 4 is 40.5 Å². The third kappa shape index (κ3) is 5.11. The van der Waals surface area contributed by atoms with E-state index in [2.05, 4.69) is 30.7 Å². The van der Waals surface area contributed by atoms with Gasteiger partial charge < -0.3 is 25.1 Å². The summed E-state index contributed by atoms with van der Waals surface area (Å²) in [5.41, 5.74) is 2.11. The van der Waals surface area contributed by atoms with E-state index in [4.69, 9.17) is 4.74 Å². The molecule has 0 saturated carbocycles. The number of H-pyrrole nitrogens is 1. The van der Waals surface area contributed by atoms with E-state index in [0.29, 0.717) is 33.9 Å². The van der Waals surface area contributed by atoms with Crippen molar-refractivity contribution in [1.82, 2.24) is 9.97 Å². The lowest BCUT2D eigenvalue weighted by atomic mass is 10.3. The molecule has 0 aliphatic heterocycles. The molecule has 0 unspecified atom stereocenters. The van der Waals surface area contributed by atoms with Gasteiger partial charge in [-0.2, -0.15) is 0 Å². The van der Waals surface area contributed by atoms with Crippen LogP contribution in [0.3, 0.4) is 0 Å². The molecular weight excluding hydrogens is 417 g/mol. The van der Waals surface area contributed by atoms with Crippen LogP contribution in [-0.4, -0.2) is 29.2 Å². The number of carbonyl (C=O) groups excluding carboxylic acids is 2. The molecule has 3 aromatic carbocycles. The lowest BCUT2D eigenvalue weighted by Gasteiger charge is -2.10. The second-order valence-electron chi connectivity index (χ2n) is 6.60. The third-order valence-corrected chi connectivity index (χ3v) is 4.27. The predicted molar refractivity (Wildman–Crippen MR) is 118 cm³/mol. The summed E-state index contributed by atoms with van der Waals surface area (Å²) in [7, 11) is 1.26. The number of carbonyl (C=O) groups is 2. The molecule has 4 N–H and O–H groups in total. The standard InChI is InChI=1S/C22H18FN5O4/c1-31-22(30)28-20-26-18-9-8-17(12-19(18)27-20)32-16-7-3-6-15(11-16)25-21(29)24-14-5-2-4-13(23)10-14/h2-12H,1H3,(H2,24,25,29)(H2,26,27,28,30). The number of methoxy groups -OCH3 is 1. The van der Waals surface area contributed by atoms with Crippen LogP contribution in [-0.2, 0) is 4.74 Å². The molecule has 32 heavy (non-hydrogen) atoms. The summed E-state index contributed by atoms with van der Waals surface area (Å²) in [6.07, 6.45) is -0.633. The quantitative estimate of drug-likeness (QED) is 0.339. The number of amides is 3.